The highest BCUT2D eigenvalue weighted by Crippen LogP contribution is 2.21. The largest absolute Gasteiger partial charge is 0.384 e. The first-order valence-electron chi connectivity index (χ1n) is 7.07. The molecule has 0 aromatic heterocycles. The predicted octanol–water partition coefficient (Wildman–Crippen LogP) is 3.55. The molecule has 1 unspecified atom stereocenters. The van der Waals surface area contributed by atoms with E-state index in [0.29, 0.717) is 6.54 Å². The fourth-order valence-corrected chi connectivity index (χ4v) is 2.22. The first-order valence-corrected chi connectivity index (χ1v) is 7.07. The van der Waals surface area contributed by atoms with Gasteiger partial charge in [-0.05, 0) is 31.9 Å². The zero-order valence-electron chi connectivity index (χ0n) is 12.4. The first-order chi connectivity index (χ1) is 9.49. The molecule has 0 aliphatic heterocycles. The van der Waals surface area contributed by atoms with Crippen molar-refractivity contribution < 1.29 is 5.11 Å². The molecule has 2 rings (SSSR count). The van der Waals surface area contributed by atoms with Gasteiger partial charge in [0.25, 0.3) is 0 Å². The Morgan fingerprint density at radius 3 is 2.25 bits per heavy atom. The van der Waals surface area contributed by atoms with Crippen molar-refractivity contribution >= 4 is 0 Å². The Morgan fingerprint density at radius 2 is 1.65 bits per heavy atom. The van der Waals surface area contributed by atoms with Crippen LogP contribution in [-0.2, 0) is 5.60 Å². The van der Waals surface area contributed by atoms with Crippen molar-refractivity contribution in [1.82, 2.24) is 5.32 Å². The Bertz CT molecular complexity index is 531. The minimum Gasteiger partial charge on any atom is -0.384 e. The zero-order chi connectivity index (χ0) is 14.6. The summed E-state index contributed by atoms with van der Waals surface area (Å²) in [6.07, 6.45) is 0. The van der Waals surface area contributed by atoms with Gasteiger partial charge in [0, 0.05) is 12.6 Å². The predicted molar refractivity (Wildman–Crippen MR) is 83.6 cm³/mol. The lowest BCUT2D eigenvalue weighted by Gasteiger charge is -2.26. The Balaban J connectivity index is 1.99. The molecule has 0 fully saturated rings. The molecule has 0 saturated heterocycles. The molecule has 0 spiro atoms. The van der Waals surface area contributed by atoms with Crippen LogP contribution in [-0.4, -0.2) is 11.7 Å². The number of hydrogen-bond acceptors (Lipinski definition) is 2. The lowest BCUT2D eigenvalue weighted by atomic mass is 9.95. The van der Waals surface area contributed by atoms with Crippen LogP contribution in [0.2, 0.25) is 0 Å². The normalized spacial score (nSPS) is 15.6. The van der Waals surface area contributed by atoms with Crippen LogP contribution < -0.4 is 5.32 Å². The molecule has 0 heterocycles. The zero-order valence-corrected chi connectivity index (χ0v) is 12.4. The molecule has 2 atom stereocenters. The SMILES string of the molecule is Cc1ccc([C@@H](C)NCC(C)(O)c2ccccc2)cc1. The molecule has 2 nitrogen and oxygen atoms in total. The van der Waals surface area contributed by atoms with Gasteiger partial charge in [-0.2, -0.15) is 0 Å². The lowest BCUT2D eigenvalue weighted by molar-refractivity contribution is 0.0543. The van der Waals surface area contributed by atoms with Gasteiger partial charge in [-0.15, -0.1) is 0 Å². The molecule has 0 saturated carbocycles. The van der Waals surface area contributed by atoms with Crippen LogP contribution in [0.25, 0.3) is 0 Å². The van der Waals surface area contributed by atoms with Gasteiger partial charge in [-0.25, -0.2) is 0 Å². The molecular formula is C18H23NO. The molecule has 0 bridgehead atoms. The molecule has 20 heavy (non-hydrogen) atoms. The summed E-state index contributed by atoms with van der Waals surface area (Å²) in [7, 11) is 0. The summed E-state index contributed by atoms with van der Waals surface area (Å²) >= 11 is 0. The van der Waals surface area contributed by atoms with Crippen molar-refractivity contribution in [1.29, 1.82) is 0 Å². The van der Waals surface area contributed by atoms with Gasteiger partial charge >= 0.3 is 0 Å². The number of rotatable bonds is 5. The molecule has 2 aromatic carbocycles. The Labute approximate surface area is 121 Å². The van der Waals surface area contributed by atoms with Gasteiger partial charge in [0.1, 0.15) is 0 Å². The molecule has 0 aliphatic carbocycles. The van der Waals surface area contributed by atoms with E-state index in [1.54, 1.807) is 0 Å². The van der Waals surface area contributed by atoms with Crippen molar-refractivity contribution in [2.45, 2.75) is 32.4 Å². The van der Waals surface area contributed by atoms with Crippen LogP contribution in [0, 0.1) is 6.92 Å². The van der Waals surface area contributed by atoms with Gasteiger partial charge in [0.05, 0.1) is 5.60 Å². The van der Waals surface area contributed by atoms with Gasteiger partial charge in [-0.3, -0.25) is 0 Å². The van der Waals surface area contributed by atoms with Crippen molar-refractivity contribution in [2.24, 2.45) is 0 Å². The third kappa shape index (κ3) is 3.69. The van der Waals surface area contributed by atoms with E-state index in [1.165, 1.54) is 11.1 Å². The smallest absolute Gasteiger partial charge is 0.0992 e. The van der Waals surface area contributed by atoms with E-state index < -0.39 is 5.60 Å². The number of aryl methyl sites for hydroxylation is 1. The summed E-state index contributed by atoms with van der Waals surface area (Å²) in [4.78, 5) is 0. The number of aliphatic hydroxyl groups is 1. The molecule has 2 aromatic rings. The fourth-order valence-electron chi connectivity index (χ4n) is 2.22. The second kappa shape index (κ2) is 6.21. The summed E-state index contributed by atoms with van der Waals surface area (Å²) < 4.78 is 0. The molecule has 0 aliphatic rings. The average molecular weight is 269 g/mol. The maximum Gasteiger partial charge on any atom is 0.0992 e. The molecule has 0 amide bonds. The number of benzene rings is 2. The Hall–Kier alpha value is -1.64. The quantitative estimate of drug-likeness (QED) is 0.870. The van der Waals surface area contributed by atoms with E-state index in [1.807, 2.05) is 37.3 Å². The second-order valence-electron chi connectivity index (χ2n) is 5.65. The van der Waals surface area contributed by atoms with Gasteiger partial charge in [0.2, 0.25) is 0 Å². The van der Waals surface area contributed by atoms with E-state index in [0.717, 1.165) is 5.56 Å². The Morgan fingerprint density at radius 1 is 1.05 bits per heavy atom. The van der Waals surface area contributed by atoms with Crippen LogP contribution in [0.5, 0.6) is 0 Å². The van der Waals surface area contributed by atoms with Crippen LogP contribution in [0.1, 0.15) is 36.6 Å². The summed E-state index contributed by atoms with van der Waals surface area (Å²) in [5.41, 5.74) is 2.57. The highest BCUT2D eigenvalue weighted by molar-refractivity contribution is 5.25. The minimum atomic E-state index is -0.861. The number of hydrogen-bond donors (Lipinski definition) is 2. The minimum absolute atomic E-state index is 0.214. The van der Waals surface area contributed by atoms with Crippen molar-refractivity contribution in [3.05, 3.63) is 71.3 Å². The standard InChI is InChI=1S/C18H23NO/c1-14-9-11-16(12-10-14)15(2)19-13-18(3,20)17-7-5-4-6-8-17/h4-12,15,19-20H,13H2,1-3H3/t15-,18?/m1/s1. The molecule has 106 valence electrons. The highest BCUT2D eigenvalue weighted by atomic mass is 16.3. The monoisotopic (exact) mass is 269 g/mol. The fraction of sp³-hybridized carbons (Fsp3) is 0.333. The van der Waals surface area contributed by atoms with Crippen molar-refractivity contribution in [3.8, 4) is 0 Å². The third-order valence-corrected chi connectivity index (χ3v) is 3.73. The molecule has 0 radical (unpaired) electrons. The summed E-state index contributed by atoms with van der Waals surface area (Å²) in [5, 5.41) is 14.0. The van der Waals surface area contributed by atoms with E-state index in [9.17, 15) is 5.11 Å². The Kier molecular flexibility index (Phi) is 4.58. The lowest BCUT2D eigenvalue weighted by Crippen LogP contribution is -2.36. The summed E-state index contributed by atoms with van der Waals surface area (Å²) in [6.45, 7) is 6.57. The first kappa shape index (κ1) is 14.8. The van der Waals surface area contributed by atoms with Gasteiger partial charge in [0.15, 0.2) is 0 Å². The van der Waals surface area contributed by atoms with Gasteiger partial charge in [-0.1, -0.05) is 60.2 Å². The topological polar surface area (TPSA) is 32.3 Å². The summed E-state index contributed by atoms with van der Waals surface area (Å²) in [5.74, 6) is 0. The van der Waals surface area contributed by atoms with Crippen molar-refractivity contribution in [2.75, 3.05) is 6.54 Å². The average Bonchev–Trinajstić information content (AvgIpc) is 2.46. The maximum absolute atomic E-state index is 10.6. The van der Waals surface area contributed by atoms with E-state index in [2.05, 4.69) is 43.4 Å². The molecule has 2 heteroatoms. The molecular weight excluding hydrogens is 246 g/mol. The highest BCUT2D eigenvalue weighted by Gasteiger charge is 2.23. The van der Waals surface area contributed by atoms with E-state index in [4.69, 9.17) is 0 Å². The third-order valence-electron chi connectivity index (χ3n) is 3.73. The van der Waals surface area contributed by atoms with E-state index >= 15 is 0 Å². The van der Waals surface area contributed by atoms with Gasteiger partial charge < -0.3 is 10.4 Å². The van der Waals surface area contributed by atoms with Crippen molar-refractivity contribution in [3.63, 3.8) is 0 Å². The number of nitrogens with one attached hydrogen (secondary N) is 1. The molecule has 2 N–H and O–H groups in total. The van der Waals surface area contributed by atoms with Crippen LogP contribution in [0.3, 0.4) is 0 Å². The van der Waals surface area contributed by atoms with Crippen LogP contribution in [0.15, 0.2) is 54.6 Å². The van der Waals surface area contributed by atoms with E-state index in [-0.39, 0.29) is 6.04 Å². The van der Waals surface area contributed by atoms with Crippen LogP contribution >= 0.6 is 0 Å². The second-order valence-corrected chi connectivity index (χ2v) is 5.65. The van der Waals surface area contributed by atoms with Crippen LogP contribution in [0.4, 0.5) is 0 Å². The summed E-state index contributed by atoms with van der Waals surface area (Å²) in [6, 6.07) is 18.5. The maximum atomic E-state index is 10.6.